The van der Waals surface area contributed by atoms with Gasteiger partial charge in [-0.3, -0.25) is 14.4 Å². The van der Waals surface area contributed by atoms with Crippen LogP contribution in [0.1, 0.15) is 119 Å². The third-order valence-electron chi connectivity index (χ3n) is 5.24. The van der Waals surface area contributed by atoms with E-state index in [1.165, 1.54) is 0 Å². The normalized spacial score (nSPS) is 12.6. The average molecular weight is 467 g/mol. The molecule has 0 saturated heterocycles. The molecule has 7 heteroatoms. The van der Waals surface area contributed by atoms with Crippen molar-refractivity contribution in [3.63, 3.8) is 0 Å². The second-order valence-electron chi connectivity index (χ2n) is 7.76. The molecule has 0 fully saturated rings. The molecular weight excluding hydrogens is 415 g/mol. The fourth-order valence-corrected chi connectivity index (χ4v) is 2.86. The van der Waals surface area contributed by atoms with Crippen molar-refractivity contribution in [3.05, 3.63) is 0 Å². The standard InChI is InChI=1S/3C8H16O2.H3P/c3*1-3-5-6-7(4-2)8(9)10;/h3*7H,3-6H2,1-2H3,(H,9,10);1H3. The van der Waals surface area contributed by atoms with Crippen molar-refractivity contribution in [1.82, 2.24) is 0 Å². The zero-order chi connectivity index (χ0) is 23.9. The largest absolute Gasteiger partial charge is 0.481 e. The quantitative estimate of drug-likeness (QED) is 0.226. The lowest BCUT2D eigenvalue weighted by Gasteiger charge is -2.06. The Kier molecular flexibility index (Phi) is 32.2. The van der Waals surface area contributed by atoms with E-state index in [2.05, 4.69) is 20.8 Å². The molecule has 0 aromatic rings. The van der Waals surface area contributed by atoms with Crippen molar-refractivity contribution in [2.45, 2.75) is 119 Å². The number of aliphatic carboxylic acids is 3. The van der Waals surface area contributed by atoms with Gasteiger partial charge < -0.3 is 15.3 Å². The van der Waals surface area contributed by atoms with Crippen LogP contribution in [0.5, 0.6) is 0 Å². The summed E-state index contributed by atoms with van der Waals surface area (Å²) in [7, 11) is 0. The molecule has 0 spiro atoms. The summed E-state index contributed by atoms with van der Waals surface area (Å²) in [6.07, 6.45) is 11.1. The summed E-state index contributed by atoms with van der Waals surface area (Å²) in [5.74, 6) is -2.26. The minimum absolute atomic E-state index is 0. The van der Waals surface area contributed by atoms with Crippen LogP contribution >= 0.6 is 9.90 Å². The maximum Gasteiger partial charge on any atom is 0.306 e. The van der Waals surface area contributed by atoms with Crippen LogP contribution in [-0.4, -0.2) is 33.2 Å². The Balaban J connectivity index is -0.000000174. The number of hydrogen-bond donors (Lipinski definition) is 3. The molecule has 188 valence electrons. The highest BCUT2D eigenvalue weighted by Crippen LogP contribution is 2.13. The van der Waals surface area contributed by atoms with Gasteiger partial charge >= 0.3 is 17.9 Å². The first kappa shape index (κ1) is 37.2. The third-order valence-corrected chi connectivity index (χ3v) is 5.24. The lowest BCUT2D eigenvalue weighted by molar-refractivity contribution is -0.143. The molecular formula is C24H51O6P. The van der Waals surface area contributed by atoms with Crippen molar-refractivity contribution in [2.75, 3.05) is 0 Å². The van der Waals surface area contributed by atoms with Gasteiger partial charge in [-0.2, -0.15) is 9.90 Å². The summed E-state index contributed by atoms with van der Waals surface area (Å²) < 4.78 is 0. The summed E-state index contributed by atoms with van der Waals surface area (Å²) in [6, 6.07) is 0. The molecule has 0 aliphatic heterocycles. The first-order chi connectivity index (χ1) is 14.2. The number of carboxylic acids is 3. The van der Waals surface area contributed by atoms with Crippen LogP contribution in [0, 0.1) is 17.8 Å². The van der Waals surface area contributed by atoms with Gasteiger partial charge in [-0.1, -0.05) is 80.1 Å². The minimum Gasteiger partial charge on any atom is -0.481 e. The van der Waals surface area contributed by atoms with E-state index >= 15 is 0 Å². The lowest BCUT2D eigenvalue weighted by atomic mass is 10.00. The first-order valence-corrected chi connectivity index (χ1v) is 11.8. The van der Waals surface area contributed by atoms with Crippen LogP contribution < -0.4 is 0 Å². The highest BCUT2D eigenvalue weighted by Gasteiger charge is 2.14. The van der Waals surface area contributed by atoms with Crippen molar-refractivity contribution in [2.24, 2.45) is 17.8 Å². The third kappa shape index (κ3) is 25.0. The Morgan fingerprint density at radius 1 is 0.516 bits per heavy atom. The number of carbonyl (C=O) groups is 3. The molecule has 0 saturated carbocycles. The van der Waals surface area contributed by atoms with Crippen molar-refractivity contribution in [3.8, 4) is 0 Å². The van der Waals surface area contributed by atoms with Crippen LogP contribution in [0.4, 0.5) is 0 Å². The van der Waals surface area contributed by atoms with E-state index in [0.29, 0.717) is 0 Å². The molecule has 0 bridgehead atoms. The fourth-order valence-electron chi connectivity index (χ4n) is 2.86. The topological polar surface area (TPSA) is 112 Å². The van der Waals surface area contributed by atoms with E-state index in [4.69, 9.17) is 15.3 Å². The minimum atomic E-state index is -0.643. The van der Waals surface area contributed by atoms with Crippen molar-refractivity contribution >= 4 is 27.8 Å². The van der Waals surface area contributed by atoms with Crippen molar-refractivity contribution < 1.29 is 29.7 Å². The SMILES string of the molecule is CCCCC(CC)C(=O)O.CCCCC(CC)C(=O)O.CCCCC(CC)C(=O)O.P. The number of unbranched alkanes of at least 4 members (excludes halogenated alkanes) is 3. The number of hydrogen-bond acceptors (Lipinski definition) is 3. The summed E-state index contributed by atoms with van der Waals surface area (Å²) >= 11 is 0. The van der Waals surface area contributed by atoms with Gasteiger partial charge in [-0.25, -0.2) is 0 Å². The van der Waals surface area contributed by atoms with Crippen molar-refractivity contribution in [1.29, 1.82) is 0 Å². The highest BCUT2D eigenvalue weighted by atomic mass is 31.0. The second kappa shape index (κ2) is 26.9. The van der Waals surface area contributed by atoms with Gasteiger partial charge in [0.2, 0.25) is 0 Å². The molecule has 0 heterocycles. The maximum absolute atomic E-state index is 10.4. The molecule has 0 rings (SSSR count). The zero-order valence-corrected chi connectivity index (χ0v) is 22.4. The molecule has 0 aliphatic rings. The Morgan fingerprint density at radius 2 is 0.710 bits per heavy atom. The smallest absolute Gasteiger partial charge is 0.306 e. The Labute approximate surface area is 194 Å². The van der Waals surface area contributed by atoms with Crippen LogP contribution in [0.2, 0.25) is 0 Å². The molecule has 3 N–H and O–H groups in total. The molecule has 0 aromatic carbocycles. The molecule has 0 amide bonds. The van der Waals surface area contributed by atoms with Gasteiger partial charge in [0.1, 0.15) is 0 Å². The van der Waals surface area contributed by atoms with Crippen LogP contribution in [0.3, 0.4) is 0 Å². The summed E-state index contributed by atoms with van der Waals surface area (Å²) in [5, 5.41) is 25.8. The van der Waals surface area contributed by atoms with E-state index < -0.39 is 17.9 Å². The van der Waals surface area contributed by atoms with Gasteiger partial charge in [0.15, 0.2) is 0 Å². The summed E-state index contributed by atoms with van der Waals surface area (Å²) in [4.78, 5) is 31.3. The van der Waals surface area contributed by atoms with E-state index in [-0.39, 0.29) is 27.7 Å². The molecule has 4 atom stereocenters. The Morgan fingerprint density at radius 3 is 0.806 bits per heavy atom. The first-order valence-electron chi connectivity index (χ1n) is 11.8. The van der Waals surface area contributed by atoms with E-state index in [1.54, 1.807) is 0 Å². The predicted octanol–water partition coefficient (Wildman–Crippen LogP) is 6.92. The second-order valence-corrected chi connectivity index (χ2v) is 7.76. The predicted molar refractivity (Wildman–Crippen MR) is 134 cm³/mol. The Hall–Kier alpha value is -1.16. The van der Waals surface area contributed by atoms with Gasteiger partial charge in [0.25, 0.3) is 0 Å². The van der Waals surface area contributed by atoms with E-state index in [1.807, 2.05) is 20.8 Å². The zero-order valence-electron chi connectivity index (χ0n) is 21.0. The maximum atomic E-state index is 10.4. The van der Waals surface area contributed by atoms with E-state index in [0.717, 1.165) is 77.0 Å². The van der Waals surface area contributed by atoms with Crippen LogP contribution in [0.15, 0.2) is 0 Å². The Bertz CT molecular complexity index is 366. The van der Waals surface area contributed by atoms with E-state index in [9.17, 15) is 14.4 Å². The highest BCUT2D eigenvalue weighted by molar-refractivity contribution is 6.92. The van der Waals surface area contributed by atoms with Gasteiger partial charge in [0, 0.05) is 0 Å². The molecule has 6 nitrogen and oxygen atoms in total. The van der Waals surface area contributed by atoms with Gasteiger partial charge in [0.05, 0.1) is 17.8 Å². The number of carboxylic acid groups (broad SMARTS) is 3. The van der Waals surface area contributed by atoms with Gasteiger partial charge in [-0.15, -0.1) is 0 Å². The fraction of sp³-hybridized carbons (Fsp3) is 0.875. The van der Waals surface area contributed by atoms with Gasteiger partial charge in [-0.05, 0) is 38.5 Å². The molecule has 0 aliphatic carbocycles. The van der Waals surface area contributed by atoms with Crippen LogP contribution in [-0.2, 0) is 14.4 Å². The lowest BCUT2D eigenvalue weighted by Crippen LogP contribution is -2.11. The number of rotatable bonds is 15. The molecule has 0 radical (unpaired) electrons. The molecule has 0 aromatic heterocycles. The summed E-state index contributed by atoms with van der Waals surface area (Å²) in [6.45, 7) is 12.0. The average Bonchev–Trinajstić information content (AvgIpc) is 2.70. The molecule has 31 heavy (non-hydrogen) atoms. The molecule has 4 unspecified atom stereocenters. The summed E-state index contributed by atoms with van der Waals surface area (Å²) in [5.41, 5.74) is 0. The monoisotopic (exact) mass is 466 g/mol. The van der Waals surface area contributed by atoms with Crippen LogP contribution in [0.25, 0.3) is 0 Å².